The highest BCUT2D eigenvalue weighted by molar-refractivity contribution is 5.47. The molecule has 0 atom stereocenters. The van der Waals surface area contributed by atoms with E-state index in [2.05, 4.69) is 15.3 Å². The van der Waals surface area contributed by atoms with E-state index in [0.29, 0.717) is 13.2 Å². The molecule has 0 aromatic carbocycles. The molecule has 100 valence electrons. The van der Waals surface area contributed by atoms with Crippen molar-refractivity contribution in [3.05, 3.63) is 17.1 Å². The lowest BCUT2D eigenvalue weighted by atomic mass is 10.1. The Bertz CT molecular complexity index is 415. The topological polar surface area (TPSA) is 56.3 Å². The highest BCUT2D eigenvalue weighted by Crippen LogP contribution is 2.27. The Morgan fingerprint density at radius 2 is 2.17 bits per heavy atom. The number of ether oxygens (including phenoxy) is 2. The van der Waals surface area contributed by atoms with Gasteiger partial charge in [-0.05, 0) is 20.8 Å². The lowest BCUT2D eigenvalue weighted by Gasteiger charge is -2.26. The van der Waals surface area contributed by atoms with Crippen LogP contribution < -0.4 is 5.32 Å². The van der Waals surface area contributed by atoms with E-state index in [9.17, 15) is 0 Å². The number of aromatic nitrogens is 2. The van der Waals surface area contributed by atoms with Crippen LogP contribution in [0.1, 0.15) is 37.9 Å². The molecule has 0 bridgehead atoms. The molecule has 0 radical (unpaired) electrons. The first kappa shape index (κ1) is 13.2. The van der Waals surface area contributed by atoms with Crippen molar-refractivity contribution in [2.75, 3.05) is 25.6 Å². The third-order valence-electron chi connectivity index (χ3n) is 3.10. The molecule has 1 aliphatic rings. The predicted molar refractivity (Wildman–Crippen MR) is 69.6 cm³/mol. The Hall–Kier alpha value is -1.20. The van der Waals surface area contributed by atoms with Gasteiger partial charge in [0.25, 0.3) is 0 Å². The lowest BCUT2D eigenvalue weighted by Crippen LogP contribution is -2.27. The molecule has 5 heteroatoms. The van der Waals surface area contributed by atoms with Crippen molar-refractivity contribution in [2.24, 2.45) is 0 Å². The minimum absolute atomic E-state index is 0.465. The number of hydrogen-bond donors (Lipinski definition) is 1. The van der Waals surface area contributed by atoms with Gasteiger partial charge in [0.2, 0.25) is 0 Å². The number of fused-ring (bicyclic) bond motifs is 1. The van der Waals surface area contributed by atoms with Crippen molar-refractivity contribution < 1.29 is 9.47 Å². The highest BCUT2D eigenvalue weighted by atomic mass is 16.5. The summed E-state index contributed by atoms with van der Waals surface area (Å²) in [5.41, 5.74) is 1.68. The van der Waals surface area contributed by atoms with Crippen LogP contribution in [0.15, 0.2) is 0 Å². The predicted octanol–water partition coefficient (Wildman–Crippen LogP) is 1.86. The summed E-state index contributed by atoms with van der Waals surface area (Å²) in [5, 5.41) is 3.12. The van der Waals surface area contributed by atoms with Gasteiger partial charge in [-0.2, -0.15) is 0 Å². The van der Waals surface area contributed by atoms with Crippen LogP contribution in [0.5, 0.6) is 0 Å². The van der Waals surface area contributed by atoms with Crippen molar-refractivity contribution in [3.8, 4) is 0 Å². The molecule has 0 amide bonds. The van der Waals surface area contributed by atoms with Gasteiger partial charge in [0.15, 0.2) is 5.82 Å². The third kappa shape index (κ3) is 2.47. The molecule has 5 nitrogen and oxygen atoms in total. The standard InChI is InChI=1S/C13H21N3O2/c1-5-18-13(2,3)12-15-10-6-7-17-8-9(10)11(14-4)16-12/h5-8H2,1-4H3,(H,14,15,16). The summed E-state index contributed by atoms with van der Waals surface area (Å²) in [7, 11) is 1.87. The molecular weight excluding hydrogens is 230 g/mol. The third-order valence-corrected chi connectivity index (χ3v) is 3.10. The van der Waals surface area contributed by atoms with Crippen LogP contribution >= 0.6 is 0 Å². The Labute approximate surface area is 108 Å². The number of nitrogens with one attached hydrogen (secondary N) is 1. The molecule has 1 N–H and O–H groups in total. The average molecular weight is 251 g/mol. The Morgan fingerprint density at radius 1 is 1.39 bits per heavy atom. The fourth-order valence-corrected chi connectivity index (χ4v) is 2.13. The average Bonchev–Trinajstić information content (AvgIpc) is 2.37. The van der Waals surface area contributed by atoms with Crippen LogP contribution in [-0.2, 0) is 28.1 Å². The molecule has 0 saturated heterocycles. The van der Waals surface area contributed by atoms with Crippen molar-refractivity contribution in [2.45, 2.75) is 39.4 Å². The molecule has 0 unspecified atom stereocenters. The fourth-order valence-electron chi connectivity index (χ4n) is 2.13. The van der Waals surface area contributed by atoms with Crippen LogP contribution in [0.25, 0.3) is 0 Å². The molecule has 1 aromatic rings. The van der Waals surface area contributed by atoms with Gasteiger partial charge < -0.3 is 14.8 Å². The van der Waals surface area contributed by atoms with E-state index >= 15 is 0 Å². The molecule has 2 rings (SSSR count). The highest BCUT2D eigenvalue weighted by Gasteiger charge is 2.27. The van der Waals surface area contributed by atoms with Crippen molar-refractivity contribution >= 4 is 5.82 Å². The number of rotatable bonds is 4. The number of hydrogen-bond acceptors (Lipinski definition) is 5. The van der Waals surface area contributed by atoms with E-state index in [1.165, 1.54) is 0 Å². The Kier molecular flexibility index (Phi) is 3.82. The molecule has 1 aromatic heterocycles. The number of anilines is 1. The molecule has 0 fully saturated rings. The lowest BCUT2D eigenvalue weighted by molar-refractivity contribution is -0.0211. The summed E-state index contributed by atoms with van der Waals surface area (Å²) in [6, 6.07) is 0. The molecule has 0 spiro atoms. The smallest absolute Gasteiger partial charge is 0.162 e. The zero-order valence-corrected chi connectivity index (χ0v) is 11.5. The first-order valence-electron chi connectivity index (χ1n) is 6.38. The summed E-state index contributed by atoms with van der Waals surface area (Å²) in [4.78, 5) is 9.22. The van der Waals surface area contributed by atoms with E-state index in [1.807, 2.05) is 27.8 Å². The molecule has 0 saturated carbocycles. The first-order valence-corrected chi connectivity index (χ1v) is 6.38. The minimum Gasteiger partial charge on any atom is -0.376 e. The molecule has 1 aliphatic heterocycles. The SMILES string of the molecule is CCOC(C)(C)c1nc2c(c(NC)n1)COCC2. The quantitative estimate of drug-likeness (QED) is 0.885. The van der Waals surface area contributed by atoms with Crippen LogP contribution in [0, 0.1) is 0 Å². The van der Waals surface area contributed by atoms with E-state index < -0.39 is 5.60 Å². The molecule has 0 aliphatic carbocycles. The van der Waals surface area contributed by atoms with Crippen LogP contribution in [-0.4, -0.2) is 30.2 Å². The van der Waals surface area contributed by atoms with Gasteiger partial charge in [0.1, 0.15) is 11.4 Å². The Morgan fingerprint density at radius 3 is 2.83 bits per heavy atom. The zero-order chi connectivity index (χ0) is 13.2. The number of nitrogens with zero attached hydrogens (tertiary/aromatic N) is 2. The maximum atomic E-state index is 5.72. The van der Waals surface area contributed by atoms with Gasteiger partial charge in [-0.15, -0.1) is 0 Å². The van der Waals surface area contributed by atoms with E-state index in [0.717, 1.165) is 35.9 Å². The summed E-state index contributed by atoms with van der Waals surface area (Å²) in [5.74, 6) is 1.58. The molecule has 2 heterocycles. The fraction of sp³-hybridized carbons (Fsp3) is 0.692. The second-order valence-corrected chi connectivity index (χ2v) is 4.82. The van der Waals surface area contributed by atoms with E-state index in [-0.39, 0.29) is 0 Å². The zero-order valence-electron chi connectivity index (χ0n) is 11.5. The second-order valence-electron chi connectivity index (χ2n) is 4.82. The molecule has 18 heavy (non-hydrogen) atoms. The van der Waals surface area contributed by atoms with Gasteiger partial charge in [0, 0.05) is 25.6 Å². The largest absolute Gasteiger partial charge is 0.376 e. The normalized spacial score (nSPS) is 15.3. The van der Waals surface area contributed by atoms with Gasteiger partial charge in [0.05, 0.1) is 18.9 Å². The minimum atomic E-state index is -0.465. The van der Waals surface area contributed by atoms with Crippen molar-refractivity contribution in [1.82, 2.24) is 9.97 Å². The summed E-state index contributed by atoms with van der Waals surface area (Å²) in [6.45, 7) is 7.93. The first-order chi connectivity index (χ1) is 8.58. The summed E-state index contributed by atoms with van der Waals surface area (Å²) in [6.07, 6.45) is 0.835. The van der Waals surface area contributed by atoms with Gasteiger partial charge in [-0.25, -0.2) is 9.97 Å². The van der Waals surface area contributed by atoms with Crippen molar-refractivity contribution in [1.29, 1.82) is 0 Å². The van der Waals surface area contributed by atoms with Crippen LogP contribution in [0.4, 0.5) is 5.82 Å². The van der Waals surface area contributed by atoms with Gasteiger partial charge >= 0.3 is 0 Å². The van der Waals surface area contributed by atoms with E-state index in [4.69, 9.17) is 9.47 Å². The van der Waals surface area contributed by atoms with Gasteiger partial charge in [-0.1, -0.05) is 0 Å². The molecular formula is C13H21N3O2. The monoisotopic (exact) mass is 251 g/mol. The van der Waals surface area contributed by atoms with Crippen LogP contribution in [0.3, 0.4) is 0 Å². The summed E-state index contributed by atoms with van der Waals surface area (Å²) < 4.78 is 11.2. The summed E-state index contributed by atoms with van der Waals surface area (Å²) >= 11 is 0. The second kappa shape index (κ2) is 5.20. The van der Waals surface area contributed by atoms with Gasteiger partial charge in [-0.3, -0.25) is 0 Å². The van der Waals surface area contributed by atoms with Crippen molar-refractivity contribution in [3.63, 3.8) is 0 Å². The maximum Gasteiger partial charge on any atom is 0.162 e. The van der Waals surface area contributed by atoms with E-state index in [1.54, 1.807) is 0 Å². The van der Waals surface area contributed by atoms with Crippen LogP contribution in [0.2, 0.25) is 0 Å². The Balaban J connectivity index is 2.44. The maximum absolute atomic E-state index is 5.72.